The Kier molecular flexibility index (Phi) is 5.98. The maximum atomic E-state index is 4.74. The second-order valence-corrected chi connectivity index (χ2v) is 6.75. The van der Waals surface area contributed by atoms with Gasteiger partial charge in [-0.2, -0.15) is 0 Å². The maximum absolute atomic E-state index is 4.74. The van der Waals surface area contributed by atoms with Gasteiger partial charge in [0.05, 0.1) is 21.3 Å². The summed E-state index contributed by atoms with van der Waals surface area (Å²) in [6.07, 6.45) is 5.58. The number of rotatable bonds is 8. The first-order valence-corrected chi connectivity index (χ1v) is 9.16. The van der Waals surface area contributed by atoms with Crippen molar-refractivity contribution in [3.05, 3.63) is 16.1 Å². The summed E-state index contributed by atoms with van der Waals surface area (Å²) in [6, 6.07) is 0. The molecule has 0 radical (unpaired) electrons. The summed E-state index contributed by atoms with van der Waals surface area (Å²) < 4.78 is 0. The average molecular weight is 310 g/mol. The van der Waals surface area contributed by atoms with Crippen LogP contribution in [0.5, 0.6) is 0 Å². The molecule has 0 spiro atoms. The summed E-state index contributed by atoms with van der Waals surface area (Å²) in [4.78, 5) is 10.7. The molecule has 2 aromatic heterocycles. The number of nitrogens with one attached hydrogen (secondary N) is 1. The molecule has 5 heteroatoms. The van der Waals surface area contributed by atoms with E-state index in [-0.39, 0.29) is 0 Å². The highest BCUT2D eigenvalue weighted by Crippen LogP contribution is 2.33. The zero-order chi connectivity index (χ0) is 14.4. The Morgan fingerprint density at radius 1 is 1.15 bits per heavy atom. The standard InChI is InChI=1S/C15H23N3S2/c1-4-7-9-16-15-18-12(10-19-15)14-11(8-5-2)17-13(6-3)20-14/h10H,4-9H2,1-3H3,(H,16,18). The molecule has 0 bridgehead atoms. The van der Waals surface area contributed by atoms with Gasteiger partial charge in [0.1, 0.15) is 0 Å². The lowest BCUT2D eigenvalue weighted by atomic mass is 10.2. The van der Waals surface area contributed by atoms with Crippen molar-refractivity contribution < 1.29 is 0 Å². The normalized spacial score (nSPS) is 10.9. The minimum Gasteiger partial charge on any atom is -0.362 e. The smallest absolute Gasteiger partial charge is 0.183 e. The van der Waals surface area contributed by atoms with Gasteiger partial charge in [-0.3, -0.25) is 0 Å². The molecule has 3 nitrogen and oxygen atoms in total. The van der Waals surface area contributed by atoms with Crippen LogP contribution in [0.1, 0.15) is 50.7 Å². The molecule has 0 saturated carbocycles. The van der Waals surface area contributed by atoms with Crippen LogP contribution in [0.15, 0.2) is 5.38 Å². The van der Waals surface area contributed by atoms with Gasteiger partial charge in [-0.15, -0.1) is 22.7 Å². The Morgan fingerprint density at radius 3 is 2.70 bits per heavy atom. The van der Waals surface area contributed by atoms with Gasteiger partial charge in [-0.25, -0.2) is 9.97 Å². The fraction of sp³-hybridized carbons (Fsp3) is 0.600. The SMILES string of the molecule is CCCCNc1nc(-c2sc(CC)nc2CCC)cs1. The molecule has 0 aliphatic heterocycles. The zero-order valence-corrected chi connectivity index (χ0v) is 14.2. The summed E-state index contributed by atoms with van der Waals surface area (Å²) in [5, 5.41) is 7.80. The van der Waals surface area contributed by atoms with E-state index < -0.39 is 0 Å². The van der Waals surface area contributed by atoms with E-state index in [4.69, 9.17) is 9.97 Å². The molecule has 0 unspecified atom stereocenters. The first kappa shape index (κ1) is 15.4. The van der Waals surface area contributed by atoms with Crippen molar-refractivity contribution in [2.24, 2.45) is 0 Å². The Morgan fingerprint density at radius 2 is 2.00 bits per heavy atom. The van der Waals surface area contributed by atoms with Gasteiger partial charge in [0, 0.05) is 11.9 Å². The molecule has 0 saturated heterocycles. The quantitative estimate of drug-likeness (QED) is 0.698. The maximum Gasteiger partial charge on any atom is 0.183 e. The van der Waals surface area contributed by atoms with E-state index >= 15 is 0 Å². The van der Waals surface area contributed by atoms with Crippen LogP contribution >= 0.6 is 22.7 Å². The predicted octanol–water partition coefficient (Wildman–Crippen LogP) is 4.99. The number of anilines is 1. The highest BCUT2D eigenvalue weighted by atomic mass is 32.1. The molecule has 1 N–H and O–H groups in total. The van der Waals surface area contributed by atoms with Crippen LogP contribution in [0.4, 0.5) is 5.13 Å². The minimum atomic E-state index is 1.01. The van der Waals surface area contributed by atoms with Crippen molar-refractivity contribution in [3.8, 4) is 10.6 Å². The third-order valence-corrected chi connectivity index (χ3v) is 5.14. The minimum absolute atomic E-state index is 1.01. The predicted molar refractivity (Wildman–Crippen MR) is 90.0 cm³/mol. The third kappa shape index (κ3) is 3.79. The van der Waals surface area contributed by atoms with Gasteiger partial charge >= 0.3 is 0 Å². The second kappa shape index (κ2) is 7.74. The van der Waals surface area contributed by atoms with E-state index in [2.05, 4.69) is 31.5 Å². The van der Waals surface area contributed by atoms with Gasteiger partial charge in [0.2, 0.25) is 0 Å². The molecule has 20 heavy (non-hydrogen) atoms. The van der Waals surface area contributed by atoms with Crippen LogP contribution < -0.4 is 5.32 Å². The summed E-state index contributed by atoms with van der Waals surface area (Å²) in [5.74, 6) is 0. The Hall–Kier alpha value is -0.940. The fourth-order valence-corrected chi connectivity index (χ4v) is 3.81. The van der Waals surface area contributed by atoms with Gasteiger partial charge in [0.25, 0.3) is 0 Å². The summed E-state index contributed by atoms with van der Waals surface area (Å²) in [7, 11) is 0. The number of thiazole rings is 2. The molecular formula is C15H23N3S2. The summed E-state index contributed by atoms with van der Waals surface area (Å²) >= 11 is 3.49. The third-order valence-electron chi connectivity index (χ3n) is 3.07. The van der Waals surface area contributed by atoms with Crippen molar-refractivity contribution in [1.29, 1.82) is 0 Å². The van der Waals surface area contributed by atoms with E-state index in [0.29, 0.717) is 0 Å². The monoisotopic (exact) mass is 309 g/mol. The van der Waals surface area contributed by atoms with E-state index in [1.807, 2.05) is 0 Å². The first-order valence-electron chi connectivity index (χ1n) is 7.46. The van der Waals surface area contributed by atoms with E-state index in [0.717, 1.165) is 36.6 Å². The van der Waals surface area contributed by atoms with Crippen molar-refractivity contribution in [2.75, 3.05) is 11.9 Å². The highest BCUT2D eigenvalue weighted by molar-refractivity contribution is 7.16. The average Bonchev–Trinajstić information content (AvgIpc) is 3.06. The van der Waals surface area contributed by atoms with Gasteiger partial charge in [-0.05, 0) is 19.3 Å². The molecule has 0 aliphatic carbocycles. The van der Waals surface area contributed by atoms with Crippen LogP contribution in [0.2, 0.25) is 0 Å². The molecule has 0 aliphatic rings. The van der Waals surface area contributed by atoms with Crippen LogP contribution in [0.3, 0.4) is 0 Å². The van der Waals surface area contributed by atoms with E-state index in [9.17, 15) is 0 Å². The molecule has 2 aromatic rings. The Labute approximate surface area is 129 Å². The lowest BCUT2D eigenvalue weighted by molar-refractivity contribution is 0.833. The van der Waals surface area contributed by atoms with Crippen molar-refractivity contribution in [3.63, 3.8) is 0 Å². The highest BCUT2D eigenvalue weighted by Gasteiger charge is 2.14. The molecule has 2 rings (SSSR count). The number of hydrogen-bond acceptors (Lipinski definition) is 5. The molecule has 110 valence electrons. The van der Waals surface area contributed by atoms with Crippen LogP contribution in [0.25, 0.3) is 10.6 Å². The van der Waals surface area contributed by atoms with Crippen LogP contribution in [0, 0.1) is 0 Å². The molecule has 2 heterocycles. The topological polar surface area (TPSA) is 37.8 Å². The number of aromatic nitrogens is 2. The fourth-order valence-electron chi connectivity index (χ4n) is 1.99. The zero-order valence-electron chi connectivity index (χ0n) is 12.5. The number of nitrogens with zero attached hydrogens (tertiary/aromatic N) is 2. The van der Waals surface area contributed by atoms with Gasteiger partial charge in [0.15, 0.2) is 5.13 Å². The molecule has 0 amide bonds. The largest absolute Gasteiger partial charge is 0.362 e. The number of hydrogen-bond donors (Lipinski definition) is 1. The lowest BCUT2D eigenvalue weighted by Gasteiger charge is -1.99. The number of unbranched alkanes of at least 4 members (excludes halogenated alkanes) is 1. The van der Waals surface area contributed by atoms with Crippen LogP contribution in [-0.2, 0) is 12.8 Å². The van der Waals surface area contributed by atoms with Crippen molar-refractivity contribution in [1.82, 2.24) is 9.97 Å². The van der Waals surface area contributed by atoms with Crippen molar-refractivity contribution >= 4 is 27.8 Å². The molecule has 0 fully saturated rings. The second-order valence-electron chi connectivity index (χ2n) is 4.81. The summed E-state index contributed by atoms with van der Waals surface area (Å²) in [5.41, 5.74) is 2.31. The first-order chi connectivity index (χ1) is 9.78. The van der Waals surface area contributed by atoms with Gasteiger partial charge in [-0.1, -0.05) is 33.6 Å². The van der Waals surface area contributed by atoms with E-state index in [1.165, 1.54) is 28.4 Å². The summed E-state index contributed by atoms with van der Waals surface area (Å²) in [6.45, 7) is 7.58. The molecular weight excluding hydrogens is 286 g/mol. The Balaban J connectivity index is 2.16. The molecule has 0 aromatic carbocycles. The Bertz CT molecular complexity index is 531. The van der Waals surface area contributed by atoms with Crippen molar-refractivity contribution in [2.45, 2.75) is 52.9 Å². The molecule has 0 atom stereocenters. The van der Waals surface area contributed by atoms with Gasteiger partial charge < -0.3 is 5.32 Å². The van der Waals surface area contributed by atoms with Crippen LogP contribution in [-0.4, -0.2) is 16.5 Å². The lowest BCUT2D eigenvalue weighted by Crippen LogP contribution is -1.99. The van der Waals surface area contributed by atoms with E-state index in [1.54, 1.807) is 22.7 Å². The number of aryl methyl sites for hydroxylation is 2.